The van der Waals surface area contributed by atoms with E-state index in [9.17, 15) is 0 Å². The fourth-order valence-corrected chi connectivity index (χ4v) is 1.76. The van der Waals surface area contributed by atoms with Crippen molar-refractivity contribution in [2.24, 2.45) is 0 Å². The number of nitrogens with zero attached hydrogens (tertiary/aromatic N) is 3. The summed E-state index contributed by atoms with van der Waals surface area (Å²) in [7, 11) is 0. The van der Waals surface area contributed by atoms with Crippen molar-refractivity contribution >= 4 is 5.57 Å². The van der Waals surface area contributed by atoms with E-state index in [4.69, 9.17) is 0 Å². The molecule has 1 aromatic heterocycles. The average Bonchev–Trinajstić information content (AvgIpc) is 3.01. The van der Waals surface area contributed by atoms with Gasteiger partial charge in [0.1, 0.15) is 5.69 Å². The predicted octanol–water partition coefficient (Wildman–Crippen LogP) is 2.61. The van der Waals surface area contributed by atoms with Crippen LogP contribution in [0.4, 0.5) is 0 Å². The summed E-state index contributed by atoms with van der Waals surface area (Å²) in [6.45, 7) is 0. The second-order valence-corrected chi connectivity index (χ2v) is 3.71. The van der Waals surface area contributed by atoms with Gasteiger partial charge in [-0.05, 0) is 24.1 Å². The van der Waals surface area contributed by atoms with Crippen LogP contribution < -0.4 is 0 Å². The highest BCUT2D eigenvalue weighted by atomic mass is 15.4. The summed E-state index contributed by atoms with van der Waals surface area (Å²) in [5.41, 5.74) is 3.21. The maximum absolute atomic E-state index is 4.18. The molecule has 0 atom stereocenters. The first-order valence-corrected chi connectivity index (χ1v) is 5.27. The Kier molecular flexibility index (Phi) is 2.14. The Morgan fingerprint density at radius 1 is 1.12 bits per heavy atom. The molecule has 1 heterocycles. The molecule has 0 radical (unpaired) electrons. The van der Waals surface area contributed by atoms with E-state index in [2.05, 4.69) is 28.5 Å². The van der Waals surface area contributed by atoms with Crippen molar-refractivity contribution in [2.75, 3.05) is 0 Å². The lowest BCUT2D eigenvalue weighted by molar-refractivity contribution is 0.802. The molecule has 0 saturated carbocycles. The first kappa shape index (κ1) is 9.09. The van der Waals surface area contributed by atoms with Crippen LogP contribution >= 0.6 is 0 Å². The SMILES string of the molecule is C1=CCC(c2cn(-c3ccccc3)nn2)=C1. The summed E-state index contributed by atoms with van der Waals surface area (Å²) in [6, 6.07) is 10.0. The number of benzene rings is 1. The monoisotopic (exact) mass is 209 g/mol. The van der Waals surface area contributed by atoms with Crippen LogP contribution in [-0.2, 0) is 0 Å². The molecule has 3 heteroatoms. The van der Waals surface area contributed by atoms with E-state index in [1.54, 1.807) is 4.68 Å². The summed E-state index contributed by atoms with van der Waals surface area (Å²) < 4.78 is 1.80. The van der Waals surface area contributed by atoms with Gasteiger partial charge in [0.2, 0.25) is 0 Å². The minimum absolute atomic E-state index is 0.952. The summed E-state index contributed by atoms with van der Waals surface area (Å²) in [6.07, 6.45) is 9.18. The molecule has 0 amide bonds. The number of rotatable bonds is 2. The Bertz CT molecular complexity index is 550. The Morgan fingerprint density at radius 2 is 2.00 bits per heavy atom. The molecule has 1 aromatic carbocycles. The third kappa shape index (κ3) is 1.56. The van der Waals surface area contributed by atoms with Gasteiger partial charge in [0.15, 0.2) is 0 Å². The number of aromatic nitrogens is 3. The van der Waals surface area contributed by atoms with Crippen LogP contribution in [-0.4, -0.2) is 15.0 Å². The van der Waals surface area contributed by atoms with E-state index in [-0.39, 0.29) is 0 Å². The highest BCUT2D eigenvalue weighted by Crippen LogP contribution is 2.21. The molecule has 0 saturated heterocycles. The number of hydrogen-bond acceptors (Lipinski definition) is 2. The van der Waals surface area contributed by atoms with Crippen LogP contribution in [0.2, 0.25) is 0 Å². The number of hydrogen-bond donors (Lipinski definition) is 0. The van der Waals surface area contributed by atoms with Crippen LogP contribution in [0.5, 0.6) is 0 Å². The molecule has 1 aliphatic rings. The fraction of sp³-hybridized carbons (Fsp3) is 0.0769. The second kappa shape index (κ2) is 3.77. The molecule has 0 fully saturated rings. The summed E-state index contributed by atoms with van der Waals surface area (Å²) in [5, 5.41) is 8.31. The number of para-hydroxylation sites is 1. The van der Waals surface area contributed by atoms with Crippen LogP contribution in [0.3, 0.4) is 0 Å². The van der Waals surface area contributed by atoms with Gasteiger partial charge in [-0.25, -0.2) is 4.68 Å². The van der Waals surface area contributed by atoms with Gasteiger partial charge in [-0.2, -0.15) is 0 Å². The lowest BCUT2D eigenvalue weighted by Gasteiger charge is -1.97. The molecule has 78 valence electrons. The van der Waals surface area contributed by atoms with Crippen LogP contribution in [0.25, 0.3) is 11.3 Å². The van der Waals surface area contributed by atoms with Crippen molar-refractivity contribution in [3.63, 3.8) is 0 Å². The zero-order chi connectivity index (χ0) is 10.8. The van der Waals surface area contributed by atoms with Gasteiger partial charge in [0.05, 0.1) is 11.9 Å². The molecule has 3 rings (SSSR count). The van der Waals surface area contributed by atoms with E-state index in [0.29, 0.717) is 0 Å². The van der Waals surface area contributed by atoms with Crippen LogP contribution in [0.15, 0.2) is 54.8 Å². The fourth-order valence-electron chi connectivity index (χ4n) is 1.76. The molecule has 16 heavy (non-hydrogen) atoms. The van der Waals surface area contributed by atoms with E-state index in [1.807, 2.05) is 36.5 Å². The molecule has 0 aliphatic heterocycles. The maximum Gasteiger partial charge on any atom is 0.109 e. The molecule has 2 aromatic rings. The third-order valence-electron chi connectivity index (χ3n) is 2.61. The standard InChI is InChI=1S/C13H11N3/c1-2-8-12(9-3-1)16-10-13(14-15-16)11-6-4-5-7-11/h1-6,8-10H,7H2. The zero-order valence-corrected chi connectivity index (χ0v) is 8.74. The van der Waals surface area contributed by atoms with Gasteiger partial charge in [-0.15, -0.1) is 5.10 Å². The molecule has 0 spiro atoms. The lowest BCUT2D eigenvalue weighted by Crippen LogP contribution is -1.93. The maximum atomic E-state index is 4.18. The predicted molar refractivity (Wildman–Crippen MR) is 63.1 cm³/mol. The number of allylic oxidation sites excluding steroid dienone is 4. The Hall–Kier alpha value is -2.16. The third-order valence-corrected chi connectivity index (χ3v) is 2.61. The van der Waals surface area contributed by atoms with Crippen molar-refractivity contribution in [3.8, 4) is 5.69 Å². The van der Waals surface area contributed by atoms with Gasteiger partial charge in [0, 0.05) is 0 Å². The molecule has 0 bridgehead atoms. The highest BCUT2D eigenvalue weighted by Gasteiger charge is 2.08. The quantitative estimate of drug-likeness (QED) is 0.761. The summed E-state index contributed by atoms with van der Waals surface area (Å²) in [5.74, 6) is 0. The Morgan fingerprint density at radius 3 is 2.75 bits per heavy atom. The molecular formula is C13H11N3. The van der Waals surface area contributed by atoms with Gasteiger partial charge >= 0.3 is 0 Å². The van der Waals surface area contributed by atoms with E-state index >= 15 is 0 Å². The second-order valence-electron chi connectivity index (χ2n) is 3.71. The van der Waals surface area contributed by atoms with Gasteiger partial charge in [-0.3, -0.25) is 0 Å². The van der Waals surface area contributed by atoms with Crippen molar-refractivity contribution < 1.29 is 0 Å². The van der Waals surface area contributed by atoms with Crippen LogP contribution in [0, 0.1) is 0 Å². The van der Waals surface area contributed by atoms with Gasteiger partial charge < -0.3 is 0 Å². The van der Waals surface area contributed by atoms with Crippen LogP contribution in [0.1, 0.15) is 12.1 Å². The van der Waals surface area contributed by atoms with E-state index < -0.39 is 0 Å². The minimum atomic E-state index is 0.952. The first-order chi connectivity index (χ1) is 7.93. The van der Waals surface area contributed by atoms with E-state index in [1.165, 1.54) is 5.57 Å². The van der Waals surface area contributed by atoms with Crippen molar-refractivity contribution in [3.05, 3.63) is 60.5 Å². The van der Waals surface area contributed by atoms with E-state index in [0.717, 1.165) is 17.8 Å². The zero-order valence-electron chi connectivity index (χ0n) is 8.74. The molecule has 0 unspecified atom stereocenters. The summed E-state index contributed by atoms with van der Waals surface area (Å²) in [4.78, 5) is 0. The van der Waals surface area contributed by atoms with Gasteiger partial charge in [-0.1, -0.05) is 41.6 Å². The summed E-state index contributed by atoms with van der Waals surface area (Å²) >= 11 is 0. The Balaban J connectivity index is 1.94. The van der Waals surface area contributed by atoms with Crippen molar-refractivity contribution in [2.45, 2.75) is 6.42 Å². The minimum Gasteiger partial charge on any atom is -0.220 e. The highest BCUT2D eigenvalue weighted by molar-refractivity contribution is 5.67. The molecular weight excluding hydrogens is 198 g/mol. The first-order valence-electron chi connectivity index (χ1n) is 5.27. The smallest absolute Gasteiger partial charge is 0.109 e. The van der Waals surface area contributed by atoms with Crippen molar-refractivity contribution in [1.82, 2.24) is 15.0 Å². The molecule has 3 nitrogen and oxygen atoms in total. The molecule has 1 aliphatic carbocycles. The normalized spacial score (nSPS) is 14.1. The lowest BCUT2D eigenvalue weighted by atomic mass is 10.2. The Labute approximate surface area is 93.7 Å². The average molecular weight is 209 g/mol. The molecule has 0 N–H and O–H groups in total. The topological polar surface area (TPSA) is 30.7 Å². The largest absolute Gasteiger partial charge is 0.220 e. The van der Waals surface area contributed by atoms with Crippen molar-refractivity contribution in [1.29, 1.82) is 0 Å². The van der Waals surface area contributed by atoms with Gasteiger partial charge in [0.25, 0.3) is 0 Å².